The van der Waals surface area contributed by atoms with E-state index < -0.39 is 0 Å². The highest BCUT2D eigenvalue weighted by Crippen LogP contribution is 2.16. The molecule has 142 valence electrons. The van der Waals surface area contributed by atoms with Crippen molar-refractivity contribution >= 4 is 23.4 Å². The Kier molecular flexibility index (Phi) is 6.85. The monoisotopic (exact) mass is 385 g/mol. The Morgan fingerprint density at radius 1 is 0.926 bits per heavy atom. The molecule has 1 aliphatic heterocycles. The van der Waals surface area contributed by atoms with Gasteiger partial charge in [-0.25, -0.2) is 0 Å². The minimum Gasteiger partial charge on any atom is -0.351 e. The van der Waals surface area contributed by atoms with Crippen LogP contribution in [0.1, 0.15) is 11.1 Å². The lowest BCUT2D eigenvalue weighted by Crippen LogP contribution is -2.51. The Morgan fingerprint density at radius 2 is 1.59 bits per heavy atom. The lowest BCUT2D eigenvalue weighted by atomic mass is 10.1. The van der Waals surface area contributed by atoms with Crippen molar-refractivity contribution in [2.75, 3.05) is 32.7 Å². The Bertz CT molecular complexity index is 774. The Hall–Kier alpha value is -2.37. The number of nitrogens with one attached hydrogen (secondary N) is 1. The van der Waals surface area contributed by atoms with Gasteiger partial charge in [0.25, 0.3) is 0 Å². The average molecular weight is 386 g/mol. The number of amides is 2. The molecule has 1 saturated heterocycles. The summed E-state index contributed by atoms with van der Waals surface area (Å²) < 4.78 is 0. The van der Waals surface area contributed by atoms with E-state index in [1.54, 1.807) is 6.07 Å². The first-order valence-electron chi connectivity index (χ1n) is 9.16. The van der Waals surface area contributed by atoms with Gasteiger partial charge < -0.3 is 10.2 Å². The van der Waals surface area contributed by atoms with E-state index in [2.05, 4.69) is 10.2 Å². The quantitative estimate of drug-likeness (QED) is 0.830. The highest BCUT2D eigenvalue weighted by atomic mass is 35.5. The number of carbonyl (C=O) groups is 2. The van der Waals surface area contributed by atoms with Crippen LogP contribution in [0.2, 0.25) is 5.02 Å². The van der Waals surface area contributed by atoms with Crippen molar-refractivity contribution < 1.29 is 9.59 Å². The standard InChI is InChI=1S/C21H24ClN3O2/c22-19-9-5-4-8-18(19)14-21(27)25-12-10-24(11-13-25)16-20(26)23-15-17-6-2-1-3-7-17/h1-9H,10-16H2,(H,23,26). The van der Waals surface area contributed by atoms with Crippen LogP contribution in [-0.2, 0) is 22.6 Å². The van der Waals surface area contributed by atoms with E-state index in [0.29, 0.717) is 50.7 Å². The van der Waals surface area contributed by atoms with Crippen LogP contribution in [0.4, 0.5) is 0 Å². The molecule has 0 aromatic heterocycles. The van der Waals surface area contributed by atoms with Gasteiger partial charge in [-0.15, -0.1) is 0 Å². The maximum absolute atomic E-state index is 12.5. The molecule has 2 amide bonds. The highest BCUT2D eigenvalue weighted by Gasteiger charge is 2.22. The smallest absolute Gasteiger partial charge is 0.234 e. The van der Waals surface area contributed by atoms with Gasteiger partial charge >= 0.3 is 0 Å². The van der Waals surface area contributed by atoms with Gasteiger partial charge in [-0.3, -0.25) is 14.5 Å². The van der Waals surface area contributed by atoms with E-state index >= 15 is 0 Å². The predicted molar refractivity (Wildman–Crippen MR) is 106 cm³/mol. The third-order valence-corrected chi connectivity index (χ3v) is 5.09. The molecule has 2 aromatic rings. The van der Waals surface area contributed by atoms with Crippen LogP contribution in [0.5, 0.6) is 0 Å². The van der Waals surface area contributed by atoms with Gasteiger partial charge in [0.2, 0.25) is 11.8 Å². The average Bonchev–Trinajstić information content (AvgIpc) is 2.69. The van der Waals surface area contributed by atoms with Gasteiger partial charge in [-0.1, -0.05) is 60.1 Å². The molecule has 0 radical (unpaired) electrons. The summed E-state index contributed by atoms with van der Waals surface area (Å²) in [4.78, 5) is 28.5. The first kappa shape index (κ1) is 19.4. The highest BCUT2D eigenvalue weighted by molar-refractivity contribution is 6.31. The van der Waals surface area contributed by atoms with Crippen LogP contribution in [0.25, 0.3) is 0 Å². The summed E-state index contributed by atoms with van der Waals surface area (Å²) in [6.45, 7) is 3.57. The minimum absolute atomic E-state index is 0.00898. The predicted octanol–water partition coefficient (Wildman–Crippen LogP) is 2.34. The van der Waals surface area contributed by atoms with Crippen molar-refractivity contribution in [3.8, 4) is 0 Å². The fraction of sp³-hybridized carbons (Fsp3) is 0.333. The summed E-state index contributed by atoms with van der Waals surface area (Å²) in [6.07, 6.45) is 0.317. The topological polar surface area (TPSA) is 52.7 Å². The molecule has 6 heteroatoms. The van der Waals surface area contributed by atoms with Crippen molar-refractivity contribution in [1.29, 1.82) is 0 Å². The van der Waals surface area contributed by atoms with Gasteiger partial charge in [0.1, 0.15) is 0 Å². The van der Waals surface area contributed by atoms with Gasteiger partial charge in [-0.2, -0.15) is 0 Å². The maximum Gasteiger partial charge on any atom is 0.234 e. The van der Waals surface area contributed by atoms with E-state index in [4.69, 9.17) is 11.6 Å². The van der Waals surface area contributed by atoms with Crippen molar-refractivity contribution in [1.82, 2.24) is 15.1 Å². The van der Waals surface area contributed by atoms with Crippen LogP contribution in [0.15, 0.2) is 54.6 Å². The lowest BCUT2D eigenvalue weighted by molar-refractivity contribution is -0.132. The molecule has 1 heterocycles. The molecule has 0 spiro atoms. The van der Waals surface area contributed by atoms with E-state index in [9.17, 15) is 9.59 Å². The van der Waals surface area contributed by atoms with Crippen LogP contribution < -0.4 is 5.32 Å². The number of hydrogen-bond donors (Lipinski definition) is 1. The molecule has 1 aliphatic rings. The molecular weight excluding hydrogens is 362 g/mol. The lowest BCUT2D eigenvalue weighted by Gasteiger charge is -2.34. The minimum atomic E-state index is 0.00898. The number of benzene rings is 2. The Balaban J connectivity index is 1.40. The molecule has 0 atom stereocenters. The third kappa shape index (κ3) is 5.81. The van der Waals surface area contributed by atoms with Crippen LogP contribution >= 0.6 is 11.6 Å². The second-order valence-corrected chi connectivity index (χ2v) is 7.09. The number of hydrogen-bond acceptors (Lipinski definition) is 3. The Labute approximate surface area is 164 Å². The second kappa shape index (κ2) is 9.53. The van der Waals surface area contributed by atoms with Crippen LogP contribution in [0, 0.1) is 0 Å². The van der Waals surface area contributed by atoms with Crippen molar-refractivity contribution in [3.63, 3.8) is 0 Å². The molecule has 1 N–H and O–H groups in total. The largest absolute Gasteiger partial charge is 0.351 e. The molecule has 0 bridgehead atoms. The van der Waals surface area contributed by atoms with E-state index in [1.165, 1.54) is 0 Å². The number of rotatable bonds is 6. The molecule has 0 aliphatic carbocycles. The first-order valence-corrected chi connectivity index (χ1v) is 9.54. The summed E-state index contributed by atoms with van der Waals surface area (Å²) in [5.74, 6) is 0.0889. The third-order valence-electron chi connectivity index (χ3n) is 4.72. The van der Waals surface area contributed by atoms with Gasteiger partial charge in [0.15, 0.2) is 0 Å². The summed E-state index contributed by atoms with van der Waals surface area (Å²) >= 11 is 6.14. The second-order valence-electron chi connectivity index (χ2n) is 6.69. The summed E-state index contributed by atoms with van der Waals surface area (Å²) in [6, 6.07) is 17.3. The fourth-order valence-corrected chi connectivity index (χ4v) is 3.33. The van der Waals surface area contributed by atoms with E-state index in [-0.39, 0.29) is 11.8 Å². The number of carbonyl (C=O) groups excluding carboxylic acids is 2. The van der Waals surface area contributed by atoms with Gasteiger partial charge in [-0.05, 0) is 17.2 Å². The molecule has 27 heavy (non-hydrogen) atoms. The molecule has 2 aromatic carbocycles. The zero-order chi connectivity index (χ0) is 19.1. The maximum atomic E-state index is 12.5. The van der Waals surface area contributed by atoms with Gasteiger partial charge in [0.05, 0.1) is 13.0 Å². The fourth-order valence-electron chi connectivity index (χ4n) is 3.13. The Morgan fingerprint density at radius 3 is 2.30 bits per heavy atom. The summed E-state index contributed by atoms with van der Waals surface area (Å²) in [5.41, 5.74) is 1.94. The van der Waals surface area contributed by atoms with Crippen molar-refractivity contribution in [2.24, 2.45) is 0 Å². The first-order chi connectivity index (χ1) is 13.1. The van der Waals surface area contributed by atoms with E-state index in [1.807, 2.05) is 53.4 Å². The van der Waals surface area contributed by atoms with Crippen molar-refractivity contribution in [2.45, 2.75) is 13.0 Å². The zero-order valence-corrected chi connectivity index (χ0v) is 16.0. The number of piperazine rings is 1. The molecule has 1 fully saturated rings. The SMILES string of the molecule is O=C(CN1CCN(C(=O)Cc2ccccc2Cl)CC1)NCc1ccccc1. The zero-order valence-electron chi connectivity index (χ0n) is 15.2. The molecule has 0 saturated carbocycles. The molecule has 5 nitrogen and oxygen atoms in total. The number of halogens is 1. The molecule has 3 rings (SSSR count). The van der Waals surface area contributed by atoms with Crippen LogP contribution in [0.3, 0.4) is 0 Å². The summed E-state index contributed by atoms with van der Waals surface area (Å²) in [7, 11) is 0. The van der Waals surface area contributed by atoms with Crippen LogP contribution in [-0.4, -0.2) is 54.3 Å². The van der Waals surface area contributed by atoms with Crippen molar-refractivity contribution in [3.05, 3.63) is 70.7 Å². The number of nitrogens with zero attached hydrogens (tertiary/aromatic N) is 2. The summed E-state index contributed by atoms with van der Waals surface area (Å²) in [5, 5.41) is 3.57. The normalized spacial score (nSPS) is 14.8. The van der Waals surface area contributed by atoms with E-state index in [0.717, 1.165) is 11.1 Å². The van der Waals surface area contributed by atoms with Gasteiger partial charge in [0, 0.05) is 37.7 Å². The molecular formula is C21H24ClN3O2. The molecule has 0 unspecified atom stereocenters.